The van der Waals surface area contributed by atoms with Crippen molar-refractivity contribution in [1.29, 1.82) is 15.8 Å². The van der Waals surface area contributed by atoms with Crippen LogP contribution in [0.3, 0.4) is 0 Å². The molecule has 9 aromatic rings. The Morgan fingerprint density at radius 2 is 0.797 bits per heavy atom. The van der Waals surface area contributed by atoms with Gasteiger partial charge in [-0.15, -0.1) is 0 Å². The van der Waals surface area contributed by atoms with Crippen molar-refractivity contribution in [3.05, 3.63) is 266 Å². The summed E-state index contributed by atoms with van der Waals surface area (Å²) in [6, 6.07) is 65.1. The van der Waals surface area contributed by atoms with Crippen LogP contribution >= 0.6 is 15.9 Å². The molecule has 0 aromatic heterocycles. The quantitative estimate of drug-likeness (QED) is 0.155. The molecule has 3 aliphatic rings. The third-order valence-electron chi connectivity index (χ3n) is 13.7. The minimum absolute atomic E-state index is 0.0228. The van der Waals surface area contributed by atoms with Crippen LogP contribution in [0.2, 0.25) is 0 Å². The summed E-state index contributed by atoms with van der Waals surface area (Å²) in [6.45, 7) is 4.34. The van der Waals surface area contributed by atoms with E-state index in [4.69, 9.17) is 31.4 Å². The normalized spacial score (nSPS) is 16.4. The van der Waals surface area contributed by atoms with E-state index in [1.165, 1.54) is 11.6 Å². The summed E-state index contributed by atoms with van der Waals surface area (Å²) in [5.74, 6) is 1.49. The van der Waals surface area contributed by atoms with Crippen molar-refractivity contribution < 1.29 is 18.6 Å². The lowest BCUT2D eigenvalue weighted by molar-refractivity contribution is 0.397. The standard InChI is InChI=1S/C23H20N2O.C20H13BrN2O.C20H13FN2O/c1-14(2)15-7-9-17(10-8-15)21-19-12-11-16-5-3-4-6-18(16)22(19)26-23(25)20(21)13-24;2*21-17-8-4-3-7-14(17)18-15-10-9-12-5-1-2-6-13(12)19(15)24-20(23)16(18)11-22/h3-12,14,21H,25H2,1-2H3;2*1-10,18H,23H2. The summed E-state index contributed by atoms with van der Waals surface area (Å²) >= 11 is 3.60. The Balaban J connectivity index is 0.000000127. The molecule has 74 heavy (non-hydrogen) atoms. The number of rotatable bonds is 4. The smallest absolute Gasteiger partial charge is 0.205 e. The van der Waals surface area contributed by atoms with Crippen LogP contribution in [0, 0.1) is 39.8 Å². The zero-order valence-electron chi connectivity index (χ0n) is 40.2. The maximum absolute atomic E-state index is 14.4. The van der Waals surface area contributed by atoms with Gasteiger partial charge in [-0.25, -0.2) is 4.39 Å². The first kappa shape index (κ1) is 48.3. The van der Waals surface area contributed by atoms with Crippen molar-refractivity contribution >= 4 is 48.2 Å². The van der Waals surface area contributed by atoms with Gasteiger partial charge in [0.05, 0.1) is 17.8 Å². The number of fused-ring (bicyclic) bond motifs is 9. The van der Waals surface area contributed by atoms with Gasteiger partial charge in [-0.1, -0.05) is 200 Å². The minimum atomic E-state index is -0.579. The first-order chi connectivity index (χ1) is 36.0. The molecule has 12 rings (SSSR count). The number of nitrogens with two attached hydrogens (primary N) is 3. The molecule has 0 spiro atoms. The van der Waals surface area contributed by atoms with Gasteiger partial charge in [-0.3, -0.25) is 0 Å². The minimum Gasteiger partial charge on any atom is -0.440 e. The van der Waals surface area contributed by atoms with E-state index in [0.29, 0.717) is 28.4 Å². The van der Waals surface area contributed by atoms with Gasteiger partial charge in [0, 0.05) is 42.9 Å². The van der Waals surface area contributed by atoms with E-state index < -0.39 is 5.92 Å². The average Bonchev–Trinajstić information content (AvgIpc) is 3.43. The lowest BCUT2D eigenvalue weighted by Gasteiger charge is -2.28. The number of allylic oxidation sites excluding steroid dienone is 3. The van der Waals surface area contributed by atoms with E-state index in [9.17, 15) is 20.2 Å². The van der Waals surface area contributed by atoms with Crippen LogP contribution in [-0.4, -0.2) is 0 Å². The Morgan fingerprint density at radius 3 is 1.22 bits per heavy atom. The second kappa shape index (κ2) is 20.4. The van der Waals surface area contributed by atoms with Crippen molar-refractivity contribution in [2.45, 2.75) is 37.5 Å². The fourth-order valence-corrected chi connectivity index (χ4v) is 10.5. The van der Waals surface area contributed by atoms with E-state index in [-0.39, 0.29) is 40.9 Å². The van der Waals surface area contributed by atoms with Crippen LogP contribution in [0.4, 0.5) is 4.39 Å². The summed E-state index contributed by atoms with van der Waals surface area (Å²) in [4.78, 5) is 0. The molecule has 9 aromatic carbocycles. The molecule has 3 atom stereocenters. The summed E-state index contributed by atoms with van der Waals surface area (Å²) in [5.41, 5.74) is 25.7. The number of hydrogen-bond donors (Lipinski definition) is 3. The molecule has 0 saturated carbocycles. The third kappa shape index (κ3) is 8.79. The van der Waals surface area contributed by atoms with Gasteiger partial charge in [0.15, 0.2) is 0 Å². The van der Waals surface area contributed by atoms with E-state index in [2.05, 4.69) is 84.4 Å². The second-order valence-corrected chi connectivity index (χ2v) is 19.1. The number of ether oxygens (including phenoxy) is 3. The summed E-state index contributed by atoms with van der Waals surface area (Å²) in [5, 5.41) is 34.9. The van der Waals surface area contributed by atoms with Crippen molar-refractivity contribution in [3.8, 4) is 35.5 Å². The lowest BCUT2D eigenvalue weighted by Crippen LogP contribution is -2.21. The molecular weight excluding hydrogens is 988 g/mol. The fourth-order valence-electron chi connectivity index (χ4n) is 10.0. The molecule has 6 N–H and O–H groups in total. The van der Waals surface area contributed by atoms with Crippen LogP contribution in [-0.2, 0) is 0 Å². The Morgan fingerprint density at radius 1 is 0.432 bits per heavy atom. The molecule has 0 aliphatic carbocycles. The molecule has 11 heteroatoms. The molecule has 3 unspecified atom stereocenters. The number of benzene rings is 9. The van der Waals surface area contributed by atoms with Crippen LogP contribution in [0.1, 0.15) is 76.5 Å². The summed E-state index contributed by atoms with van der Waals surface area (Å²) in [6.07, 6.45) is 0. The van der Waals surface area contributed by atoms with Gasteiger partial charge in [-0.2, -0.15) is 15.8 Å². The van der Waals surface area contributed by atoms with Gasteiger partial charge < -0.3 is 31.4 Å². The SMILES string of the molecule is CC(C)c1ccc(C2C(C#N)=C(N)Oc3c2ccc2ccccc32)cc1.N#CC1=C(N)Oc2c(ccc3ccccc23)C1c1ccccc1Br.N#CC1=C(N)Oc2c(ccc3ccccc23)C1c1ccccc1F. The first-order valence-corrected chi connectivity index (χ1v) is 24.7. The largest absolute Gasteiger partial charge is 0.440 e. The molecular formula is C63H46BrFN6O3. The zero-order valence-corrected chi connectivity index (χ0v) is 41.8. The third-order valence-corrected chi connectivity index (χ3v) is 14.4. The number of nitriles is 3. The van der Waals surface area contributed by atoms with Gasteiger partial charge >= 0.3 is 0 Å². The number of nitrogens with zero attached hydrogens (tertiary/aromatic N) is 3. The molecule has 0 radical (unpaired) electrons. The van der Waals surface area contributed by atoms with E-state index >= 15 is 0 Å². The Hall–Kier alpha value is -9.34. The Bertz CT molecular complexity index is 3770. The van der Waals surface area contributed by atoms with Crippen LogP contribution in [0.5, 0.6) is 17.2 Å². The Labute approximate surface area is 436 Å². The highest BCUT2D eigenvalue weighted by Gasteiger charge is 2.35. The molecule has 3 aliphatic heterocycles. The number of halogens is 2. The highest BCUT2D eigenvalue weighted by molar-refractivity contribution is 9.10. The molecule has 360 valence electrons. The number of hydrogen-bond acceptors (Lipinski definition) is 9. The van der Waals surface area contributed by atoms with Crippen LogP contribution < -0.4 is 31.4 Å². The molecule has 9 nitrogen and oxygen atoms in total. The van der Waals surface area contributed by atoms with Gasteiger partial charge in [0.25, 0.3) is 0 Å². The Kier molecular flexibility index (Phi) is 13.3. The zero-order chi connectivity index (χ0) is 51.6. The maximum Gasteiger partial charge on any atom is 0.205 e. The fraction of sp³-hybridized carbons (Fsp3) is 0.0952. The molecule has 0 saturated heterocycles. The van der Waals surface area contributed by atoms with Crippen LogP contribution in [0.15, 0.2) is 221 Å². The molecule has 3 heterocycles. The summed E-state index contributed by atoms with van der Waals surface area (Å²) < 4.78 is 32.9. The monoisotopic (exact) mass is 1030 g/mol. The van der Waals surface area contributed by atoms with E-state index in [0.717, 1.165) is 76.1 Å². The summed E-state index contributed by atoms with van der Waals surface area (Å²) in [7, 11) is 0. The van der Waals surface area contributed by atoms with Gasteiger partial charge in [0.2, 0.25) is 17.6 Å². The van der Waals surface area contributed by atoms with Crippen LogP contribution in [0.25, 0.3) is 32.3 Å². The van der Waals surface area contributed by atoms with Crippen molar-refractivity contribution in [1.82, 2.24) is 0 Å². The van der Waals surface area contributed by atoms with Gasteiger partial charge in [-0.05, 0) is 50.9 Å². The topological polar surface area (TPSA) is 177 Å². The predicted octanol–water partition coefficient (Wildman–Crippen LogP) is 14.2. The molecule has 0 fully saturated rings. The van der Waals surface area contributed by atoms with Crippen molar-refractivity contribution in [2.24, 2.45) is 17.2 Å². The van der Waals surface area contributed by atoms with Gasteiger partial charge in [0.1, 0.15) is 58.0 Å². The highest BCUT2D eigenvalue weighted by Crippen LogP contribution is 2.49. The molecule has 0 amide bonds. The maximum atomic E-state index is 14.4. The molecule has 0 bridgehead atoms. The first-order valence-electron chi connectivity index (χ1n) is 23.9. The lowest BCUT2D eigenvalue weighted by atomic mass is 9.82. The van der Waals surface area contributed by atoms with Crippen molar-refractivity contribution in [3.63, 3.8) is 0 Å². The van der Waals surface area contributed by atoms with E-state index in [1.807, 2.05) is 121 Å². The highest BCUT2D eigenvalue weighted by atomic mass is 79.9. The second-order valence-electron chi connectivity index (χ2n) is 18.3. The average molecular weight is 1030 g/mol. The van der Waals surface area contributed by atoms with Crippen molar-refractivity contribution in [2.75, 3.05) is 0 Å². The van der Waals surface area contributed by atoms with E-state index in [1.54, 1.807) is 18.2 Å². The predicted molar refractivity (Wildman–Crippen MR) is 291 cm³/mol.